The summed E-state index contributed by atoms with van der Waals surface area (Å²) in [7, 11) is 2.61. The summed E-state index contributed by atoms with van der Waals surface area (Å²) >= 11 is 0. The van der Waals surface area contributed by atoms with Crippen molar-refractivity contribution in [3.63, 3.8) is 0 Å². The highest BCUT2D eigenvalue weighted by Gasteiger charge is 2.62. The number of carbonyl (C=O) groups is 3. The molecule has 5 rings (SSSR count). The molecule has 3 heterocycles. The van der Waals surface area contributed by atoms with Crippen molar-refractivity contribution in [2.75, 3.05) is 40.6 Å². The molecule has 3 aliphatic rings. The number of hydrogen-bond acceptors (Lipinski definition) is 23. The van der Waals surface area contributed by atoms with Gasteiger partial charge in [-0.2, -0.15) is 0 Å². The van der Waals surface area contributed by atoms with Crippen LogP contribution in [-0.2, 0) is 47.5 Å². The second-order valence-corrected chi connectivity index (χ2v) is 14.3. The predicted molar refractivity (Wildman–Crippen MR) is 206 cm³/mol. The van der Waals surface area contributed by atoms with Crippen molar-refractivity contribution in [2.24, 2.45) is 0 Å². The smallest absolute Gasteiger partial charge is 0.331 e. The van der Waals surface area contributed by atoms with Gasteiger partial charge in [-0.3, -0.25) is 4.79 Å². The van der Waals surface area contributed by atoms with E-state index in [0.717, 1.165) is 19.1 Å². The number of ether oxygens (including phenoxy) is 10. The molecule has 0 unspecified atom stereocenters. The second-order valence-electron chi connectivity index (χ2n) is 14.3. The molecule has 3 aliphatic heterocycles. The largest absolute Gasteiger partial charge is 0.504 e. The molecule has 0 aliphatic carbocycles. The zero-order valence-corrected chi connectivity index (χ0v) is 33.9. The normalized spacial score (nSPS) is 33.2. The molecule has 2 aromatic carbocycles. The van der Waals surface area contributed by atoms with Gasteiger partial charge >= 0.3 is 17.9 Å². The van der Waals surface area contributed by atoms with E-state index in [1.54, 1.807) is 0 Å². The molecule has 23 heteroatoms. The van der Waals surface area contributed by atoms with Crippen LogP contribution in [0.4, 0.5) is 0 Å². The Kier molecular flexibility index (Phi) is 16.8. The molecule has 2 aromatic rings. The van der Waals surface area contributed by atoms with Crippen LogP contribution in [0.25, 0.3) is 12.2 Å². The Bertz CT molecular complexity index is 1940. The van der Waals surface area contributed by atoms with E-state index in [0.29, 0.717) is 11.1 Å². The lowest BCUT2D eigenvalue weighted by molar-refractivity contribution is -0.383. The summed E-state index contributed by atoms with van der Waals surface area (Å²) in [6.07, 6.45) is -17.8. The SMILES string of the molecule is COc1cc(/C=C/C(=O)O[C@H]2[C@H](OC(C)=O)[C@@H](CO)O[C@@]2(CO)O[C@H]2O[C@H](COC(=O)/C=C/c3ccc(O[C@@H]4O[C@H](CO)[C@@H](O)[C@H](O)[C@H]4O)c(OC)c3)[C@@H](O)[C@H](O)[C@H]2O)ccc1O. The van der Waals surface area contributed by atoms with Gasteiger partial charge in [0.1, 0.15) is 68.1 Å². The maximum Gasteiger partial charge on any atom is 0.331 e. The van der Waals surface area contributed by atoms with Gasteiger partial charge in [0.2, 0.25) is 12.1 Å². The van der Waals surface area contributed by atoms with Crippen LogP contribution in [0.15, 0.2) is 48.6 Å². The van der Waals surface area contributed by atoms with Gasteiger partial charge in [0.05, 0.1) is 27.4 Å². The van der Waals surface area contributed by atoms with Gasteiger partial charge < -0.3 is 98.4 Å². The third-order valence-electron chi connectivity index (χ3n) is 10.1. The fourth-order valence-corrected chi connectivity index (χ4v) is 6.75. The number of aromatic hydroxyl groups is 1. The topological polar surface area (TPSA) is 346 Å². The number of methoxy groups -OCH3 is 2. The molecule has 14 atom stereocenters. The van der Waals surface area contributed by atoms with Gasteiger partial charge in [-0.25, -0.2) is 9.59 Å². The average Bonchev–Trinajstić information content (AvgIpc) is 3.55. The number of esters is 3. The minimum Gasteiger partial charge on any atom is -0.504 e. The Labute approximate surface area is 358 Å². The zero-order chi connectivity index (χ0) is 46.2. The molecule has 3 saturated heterocycles. The van der Waals surface area contributed by atoms with E-state index in [1.165, 1.54) is 62.8 Å². The average molecular weight is 899 g/mol. The van der Waals surface area contributed by atoms with Crippen molar-refractivity contribution in [3.8, 4) is 23.0 Å². The van der Waals surface area contributed by atoms with Crippen LogP contribution in [0, 0.1) is 0 Å². The number of rotatable bonds is 17. The highest BCUT2D eigenvalue weighted by Crippen LogP contribution is 2.40. The Balaban J connectivity index is 1.27. The van der Waals surface area contributed by atoms with E-state index in [4.69, 9.17) is 47.4 Å². The van der Waals surface area contributed by atoms with Crippen LogP contribution in [0.1, 0.15) is 18.1 Å². The van der Waals surface area contributed by atoms with E-state index in [1.807, 2.05) is 0 Å². The van der Waals surface area contributed by atoms with Crippen molar-refractivity contribution in [2.45, 2.75) is 92.4 Å². The lowest BCUT2D eigenvalue weighted by atomic mass is 9.98. The van der Waals surface area contributed by atoms with Crippen molar-refractivity contribution in [1.82, 2.24) is 0 Å². The fourth-order valence-electron chi connectivity index (χ4n) is 6.75. The number of benzene rings is 2. The second kappa shape index (κ2) is 21.6. The first-order valence-corrected chi connectivity index (χ1v) is 19.2. The molecule has 23 nitrogen and oxygen atoms in total. The van der Waals surface area contributed by atoms with E-state index in [9.17, 15) is 65.4 Å². The molecule has 0 spiro atoms. The van der Waals surface area contributed by atoms with Crippen molar-refractivity contribution >= 4 is 30.1 Å². The van der Waals surface area contributed by atoms with Gasteiger partial charge in [-0.1, -0.05) is 12.1 Å². The fraction of sp³-hybridized carbons (Fsp3) is 0.525. The first-order chi connectivity index (χ1) is 30.0. The summed E-state index contributed by atoms with van der Waals surface area (Å²) in [5.74, 6) is -5.54. The summed E-state index contributed by atoms with van der Waals surface area (Å²) in [4.78, 5) is 38.0. The summed E-state index contributed by atoms with van der Waals surface area (Å²) < 4.78 is 54.7. The highest BCUT2D eigenvalue weighted by molar-refractivity contribution is 5.88. The Hall–Kier alpha value is -4.99. The van der Waals surface area contributed by atoms with Gasteiger partial charge in [0.25, 0.3) is 0 Å². The van der Waals surface area contributed by atoms with Gasteiger partial charge in [0.15, 0.2) is 41.5 Å². The van der Waals surface area contributed by atoms with E-state index in [2.05, 4.69) is 0 Å². The molecule has 3 fully saturated rings. The Morgan fingerprint density at radius 1 is 0.683 bits per heavy atom. The standard InChI is InChI=1S/C40H50O23/c1-18(44)57-36-26(15-42)62-40(17-43,37(36)61-29(47)11-7-19-4-8-21(45)23(12-19)54-2)63-39-35(53)33(51)31(49)27(60-39)16-56-28(46)10-6-20-5-9-22(24(13-20)55-3)58-38-34(52)32(50)30(48)25(14-41)59-38/h4-13,25-27,30-39,41-43,45,48-53H,14-17H2,1-3H3/b10-6+,11-7+/t25-,26-,27-,30-,31-,32+,33+,34-,35-,36-,37+,38-,39-,40+/m1/s1. The first-order valence-electron chi connectivity index (χ1n) is 19.2. The molecule has 348 valence electrons. The monoisotopic (exact) mass is 898 g/mol. The minimum absolute atomic E-state index is 0.0237. The van der Waals surface area contributed by atoms with Crippen molar-refractivity contribution < 1.29 is 113 Å². The Morgan fingerprint density at radius 3 is 1.86 bits per heavy atom. The van der Waals surface area contributed by atoms with Crippen LogP contribution in [0.3, 0.4) is 0 Å². The molecule has 10 N–H and O–H groups in total. The lowest BCUT2D eigenvalue weighted by Crippen LogP contribution is -2.63. The molecular weight excluding hydrogens is 848 g/mol. The number of carbonyl (C=O) groups excluding carboxylic acids is 3. The van der Waals surface area contributed by atoms with Crippen molar-refractivity contribution in [1.29, 1.82) is 0 Å². The van der Waals surface area contributed by atoms with Crippen molar-refractivity contribution in [3.05, 3.63) is 59.7 Å². The molecule has 63 heavy (non-hydrogen) atoms. The third-order valence-corrected chi connectivity index (χ3v) is 10.1. The number of phenolic OH excluding ortho intramolecular Hbond substituents is 1. The summed E-state index contributed by atoms with van der Waals surface area (Å²) in [5.41, 5.74) is 0.737. The van der Waals surface area contributed by atoms with Crippen LogP contribution in [0.5, 0.6) is 23.0 Å². The predicted octanol–water partition coefficient (Wildman–Crippen LogP) is -3.39. The number of aliphatic hydroxyl groups is 9. The van der Waals surface area contributed by atoms with Gasteiger partial charge in [0, 0.05) is 19.1 Å². The van der Waals surface area contributed by atoms with E-state index < -0.39 is 130 Å². The maximum absolute atomic E-state index is 13.2. The quantitative estimate of drug-likeness (QED) is 0.0420. The van der Waals surface area contributed by atoms with Crippen LogP contribution >= 0.6 is 0 Å². The van der Waals surface area contributed by atoms with Crippen LogP contribution in [0.2, 0.25) is 0 Å². The molecule has 0 aromatic heterocycles. The molecule has 0 amide bonds. The highest BCUT2D eigenvalue weighted by atomic mass is 16.8. The molecular formula is C40H50O23. The number of aliphatic hydroxyl groups excluding tert-OH is 9. The maximum atomic E-state index is 13.2. The molecule has 0 saturated carbocycles. The minimum atomic E-state index is -2.56. The summed E-state index contributed by atoms with van der Waals surface area (Å²) in [6.45, 7) is -2.48. The van der Waals surface area contributed by atoms with E-state index in [-0.39, 0.29) is 23.0 Å². The van der Waals surface area contributed by atoms with E-state index >= 15 is 0 Å². The molecule has 0 bridgehead atoms. The van der Waals surface area contributed by atoms with Crippen LogP contribution in [-0.4, -0.2) is 195 Å². The first kappa shape index (κ1) is 49.0. The zero-order valence-electron chi connectivity index (χ0n) is 33.9. The number of phenols is 1. The van der Waals surface area contributed by atoms with Gasteiger partial charge in [-0.15, -0.1) is 0 Å². The summed E-state index contributed by atoms with van der Waals surface area (Å²) in [5, 5.41) is 103. The lowest BCUT2D eigenvalue weighted by Gasteiger charge is -2.43. The third kappa shape index (κ3) is 11.4. The Morgan fingerprint density at radius 2 is 1.25 bits per heavy atom. The van der Waals surface area contributed by atoms with Gasteiger partial charge in [-0.05, 0) is 47.5 Å². The number of hydrogen-bond donors (Lipinski definition) is 10. The van der Waals surface area contributed by atoms with Crippen LogP contribution < -0.4 is 14.2 Å². The summed E-state index contributed by atoms with van der Waals surface area (Å²) in [6, 6.07) is 8.42. The molecule has 0 radical (unpaired) electrons.